The van der Waals surface area contributed by atoms with Gasteiger partial charge in [-0.3, -0.25) is 19.2 Å². The predicted molar refractivity (Wildman–Crippen MR) is 153 cm³/mol. The van der Waals surface area contributed by atoms with Crippen LogP contribution in [0.15, 0.2) is 60.4 Å². The van der Waals surface area contributed by atoms with E-state index in [0.717, 1.165) is 5.01 Å². The van der Waals surface area contributed by atoms with E-state index in [1.807, 2.05) is 0 Å². The van der Waals surface area contributed by atoms with E-state index in [4.69, 9.17) is 27.9 Å². The number of Topliss-reactive ketones (excluding diaryl/α,β-unsaturated/α-hetero) is 1. The van der Waals surface area contributed by atoms with E-state index in [2.05, 4.69) is 63.7 Å². The first kappa shape index (κ1) is 28.3. The molecule has 0 saturated carbocycles. The number of nitrogens with zero attached hydrogens (tertiary/aromatic N) is 2. The molecule has 1 aliphatic heterocycles. The Kier molecular flexibility index (Phi) is 8.52. The molecule has 0 N–H and O–H groups in total. The fourth-order valence-electron chi connectivity index (χ4n) is 3.62. The highest BCUT2D eigenvalue weighted by Crippen LogP contribution is 2.45. The van der Waals surface area contributed by atoms with E-state index in [-0.39, 0.29) is 32.3 Å². The van der Waals surface area contributed by atoms with E-state index in [1.165, 1.54) is 37.4 Å². The first-order valence-electron chi connectivity index (χ1n) is 10.2. The second-order valence-corrected chi connectivity index (χ2v) is 11.6. The van der Waals surface area contributed by atoms with Gasteiger partial charge < -0.3 is 4.74 Å². The van der Waals surface area contributed by atoms with Crippen LogP contribution in [-0.4, -0.2) is 47.2 Å². The maximum absolute atomic E-state index is 13.7. The Morgan fingerprint density at radius 3 is 2.03 bits per heavy atom. The normalized spacial score (nSPS) is 12.6. The molecule has 0 spiro atoms. The maximum Gasteiger partial charge on any atom is 0.282 e. The molecule has 3 amide bonds. The molecule has 0 radical (unpaired) electrons. The molecular formula is C24H12Br4Cl2N2O5. The predicted octanol–water partition coefficient (Wildman–Crippen LogP) is 7.59. The number of hydrogen-bond acceptors (Lipinski definition) is 5. The molecule has 190 valence electrons. The summed E-state index contributed by atoms with van der Waals surface area (Å²) in [7, 11) is 1.45. The standard InChI is InChI=1S/C24H12Br4Cl2N2O5/c1-37-12-4-2-3-10(7-12)15(33)9-31(22(34)13-6-5-11(29)8-14(13)30)32-23(35)16-17(24(32)36)19(26)21(28)20(27)18(16)25/h2-8H,9H2,1H3. The molecule has 4 rings (SSSR count). The summed E-state index contributed by atoms with van der Waals surface area (Å²) in [6.45, 7) is -0.645. The monoisotopic (exact) mass is 794 g/mol. The summed E-state index contributed by atoms with van der Waals surface area (Å²) in [4.78, 5) is 54.3. The lowest BCUT2D eigenvalue weighted by molar-refractivity contribution is 0.00527. The number of rotatable bonds is 6. The van der Waals surface area contributed by atoms with Crippen molar-refractivity contribution in [1.82, 2.24) is 10.0 Å². The van der Waals surface area contributed by atoms with Crippen LogP contribution in [0.1, 0.15) is 41.4 Å². The zero-order valence-corrected chi connectivity index (χ0v) is 26.3. The van der Waals surface area contributed by atoms with Crippen LogP contribution >= 0.6 is 86.9 Å². The SMILES string of the molecule is COc1cccc(C(=O)CN(C(=O)c2ccc(Cl)cc2Cl)N2C(=O)c3c(Br)c(Br)c(Br)c(Br)c3C2=O)c1. The minimum absolute atomic E-state index is 0.0132. The van der Waals surface area contributed by atoms with Crippen LogP contribution in [0.3, 0.4) is 0 Å². The van der Waals surface area contributed by atoms with E-state index in [0.29, 0.717) is 28.6 Å². The molecule has 0 saturated heterocycles. The largest absolute Gasteiger partial charge is 0.497 e. The third kappa shape index (κ3) is 5.14. The van der Waals surface area contributed by atoms with Gasteiger partial charge in [0.1, 0.15) is 12.3 Å². The van der Waals surface area contributed by atoms with E-state index < -0.39 is 30.0 Å². The van der Waals surface area contributed by atoms with Gasteiger partial charge in [0.25, 0.3) is 17.7 Å². The molecule has 37 heavy (non-hydrogen) atoms. The number of ether oxygens (including phenoxy) is 1. The summed E-state index contributed by atoms with van der Waals surface area (Å²) in [5.74, 6) is -2.59. The summed E-state index contributed by atoms with van der Waals surface area (Å²) in [5, 5.41) is 1.69. The number of hydrazine groups is 1. The first-order chi connectivity index (χ1) is 17.5. The molecular weight excluding hydrogens is 787 g/mol. The molecule has 0 aliphatic carbocycles. The number of benzene rings is 3. The summed E-state index contributed by atoms with van der Waals surface area (Å²) in [6.07, 6.45) is 0. The van der Waals surface area contributed by atoms with Crippen molar-refractivity contribution in [1.29, 1.82) is 0 Å². The number of ketones is 1. The van der Waals surface area contributed by atoms with Crippen LogP contribution in [0.5, 0.6) is 5.75 Å². The van der Waals surface area contributed by atoms with Gasteiger partial charge in [0, 0.05) is 28.5 Å². The quantitative estimate of drug-likeness (QED) is 0.111. The number of methoxy groups -OCH3 is 1. The lowest BCUT2D eigenvalue weighted by atomic mass is 10.1. The average molecular weight is 799 g/mol. The fraction of sp³-hybridized carbons (Fsp3) is 0.0833. The van der Waals surface area contributed by atoms with Crippen molar-refractivity contribution in [2.45, 2.75) is 0 Å². The first-order valence-corrected chi connectivity index (χ1v) is 14.1. The van der Waals surface area contributed by atoms with Gasteiger partial charge in [-0.05, 0) is 94.1 Å². The lowest BCUT2D eigenvalue weighted by Crippen LogP contribution is -2.51. The van der Waals surface area contributed by atoms with Crippen molar-refractivity contribution in [3.63, 3.8) is 0 Å². The highest BCUT2D eigenvalue weighted by molar-refractivity contribution is 9.15. The number of carbonyl (C=O) groups excluding carboxylic acids is 4. The highest BCUT2D eigenvalue weighted by Gasteiger charge is 2.46. The van der Waals surface area contributed by atoms with Gasteiger partial charge in [0.05, 0.1) is 28.8 Å². The summed E-state index contributed by atoms with van der Waals surface area (Å²) >= 11 is 25.7. The van der Waals surface area contributed by atoms with Gasteiger partial charge in [0.2, 0.25) is 0 Å². The minimum Gasteiger partial charge on any atom is -0.497 e. The number of carbonyl (C=O) groups is 4. The third-order valence-electron chi connectivity index (χ3n) is 5.40. The Bertz CT molecular complexity index is 1470. The Hall–Kier alpha value is -1.76. The molecule has 13 heteroatoms. The molecule has 1 aliphatic rings. The molecule has 0 aromatic heterocycles. The number of hydrogen-bond donors (Lipinski definition) is 0. The van der Waals surface area contributed by atoms with Gasteiger partial charge in [-0.1, -0.05) is 35.3 Å². The van der Waals surface area contributed by atoms with E-state index in [9.17, 15) is 19.2 Å². The molecule has 0 atom stereocenters. The summed E-state index contributed by atoms with van der Waals surface area (Å²) in [6, 6.07) is 10.4. The third-order valence-corrected chi connectivity index (χ3v) is 10.7. The zero-order valence-electron chi connectivity index (χ0n) is 18.5. The van der Waals surface area contributed by atoms with Crippen LogP contribution in [0, 0.1) is 0 Å². The highest BCUT2D eigenvalue weighted by atomic mass is 79.9. The van der Waals surface area contributed by atoms with Crippen molar-refractivity contribution in [3.05, 3.63) is 92.7 Å². The van der Waals surface area contributed by atoms with E-state index in [1.54, 1.807) is 12.1 Å². The molecule has 3 aromatic rings. The van der Waals surface area contributed by atoms with Crippen LogP contribution in [0.4, 0.5) is 0 Å². The second-order valence-electron chi connectivity index (χ2n) is 7.57. The lowest BCUT2D eigenvalue weighted by Gasteiger charge is -2.29. The van der Waals surface area contributed by atoms with Crippen molar-refractivity contribution >= 4 is 110 Å². The average Bonchev–Trinajstić information content (AvgIpc) is 3.14. The Balaban J connectivity index is 1.84. The van der Waals surface area contributed by atoms with Crippen molar-refractivity contribution in [2.75, 3.05) is 13.7 Å². The number of halogens is 6. The van der Waals surface area contributed by atoms with Crippen LogP contribution in [0.2, 0.25) is 10.0 Å². The number of imide groups is 1. The van der Waals surface area contributed by atoms with Gasteiger partial charge in [-0.25, -0.2) is 5.01 Å². The summed E-state index contributed by atoms with van der Waals surface area (Å²) < 4.78 is 6.74. The number of amides is 3. The smallest absolute Gasteiger partial charge is 0.282 e. The molecule has 7 nitrogen and oxygen atoms in total. The zero-order chi connectivity index (χ0) is 27.2. The Labute approximate surface area is 254 Å². The molecule has 3 aromatic carbocycles. The van der Waals surface area contributed by atoms with Crippen molar-refractivity contribution in [2.24, 2.45) is 0 Å². The Morgan fingerprint density at radius 2 is 1.49 bits per heavy atom. The Morgan fingerprint density at radius 1 is 0.892 bits per heavy atom. The molecule has 0 fully saturated rings. The topological polar surface area (TPSA) is 84.0 Å². The van der Waals surface area contributed by atoms with Gasteiger partial charge >= 0.3 is 0 Å². The maximum atomic E-state index is 13.7. The fourth-order valence-corrected chi connectivity index (χ4v) is 6.56. The van der Waals surface area contributed by atoms with Crippen molar-refractivity contribution < 1.29 is 23.9 Å². The second kappa shape index (κ2) is 11.2. The van der Waals surface area contributed by atoms with Crippen molar-refractivity contribution in [3.8, 4) is 5.75 Å². The molecule has 0 unspecified atom stereocenters. The minimum atomic E-state index is -0.849. The molecule has 1 heterocycles. The van der Waals surface area contributed by atoms with Crippen LogP contribution in [0.25, 0.3) is 0 Å². The molecule has 0 bridgehead atoms. The summed E-state index contributed by atoms with van der Waals surface area (Å²) in [5.41, 5.74) is 0.187. The van der Waals surface area contributed by atoms with Crippen LogP contribution < -0.4 is 4.74 Å². The number of fused-ring (bicyclic) bond motifs is 1. The van der Waals surface area contributed by atoms with Crippen LogP contribution in [-0.2, 0) is 0 Å². The van der Waals surface area contributed by atoms with Gasteiger partial charge in [0.15, 0.2) is 5.78 Å². The van der Waals surface area contributed by atoms with Gasteiger partial charge in [-0.2, -0.15) is 5.01 Å². The van der Waals surface area contributed by atoms with E-state index >= 15 is 0 Å². The van der Waals surface area contributed by atoms with Gasteiger partial charge in [-0.15, -0.1) is 0 Å².